The standard InChI is InChI=1S/C15H18N2/c1-15(2,3)17-14-6-4-12(5-7-14)13-8-10-16-11-9-13/h4-11,17H,1-3H3. The number of anilines is 1. The van der Waals surface area contributed by atoms with Crippen LogP contribution in [0, 0.1) is 0 Å². The smallest absolute Gasteiger partial charge is 0.0344 e. The van der Waals surface area contributed by atoms with Crippen molar-refractivity contribution in [3.8, 4) is 11.1 Å². The molecule has 1 N–H and O–H groups in total. The summed E-state index contributed by atoms with van der Waals surface area (Å²) >= 11 is 0. The van der Waals surface area contributed by atoms with Gasteiger partial charge in [0.05, 0.1) is 0 Å². The van der Waals surface area contributed by atoms with Crippen molar-refractivity contribution in [1.29, 1.82) is 0 Å². The van der Waals surface area contributed by atoms with Crippen LogP contribution in [0.1, 0.15) is 20.8 Å². The van der Waals surface area contributed by atoms with Crippen molar-refractivity contribution in [2.24, 2.45) is 0 Å². The fourth-order valence-electron chi connectivity index (χ4n) is 1.72. The van der Waals surface area contributed by atoms with Crippen LogP contribution in [-0.2, 0) is 0 Å². The molecule has 2 rings (SSSR count). The molecule has 2 nitrogen and oxygen atoms in total. The Balaban J connectivity index is 2.19. The van der Waals surface area contributed by atoms with Crippen molar-refractivity contribution in [3.05, 3.63) is 48.8 Å². The zero-order valence-electron chi connectivity index (χ0n) is 10.6. The van der Waals surface area contributed by atoms with Gasteiger partial charge in [-0.3, -0.25) is 4.98 Å². The summed E-state index contributed by atoms with van der Waals surface area (Å²) in [6.07, 6.45) is 3.63. The molecular weight excluding hydrogens is 208 g/mol. The molecule has 2 aromatic rings. The number of nitrogens with zero attached hydrogens (tertiary/aromatic N) is 1. The van der Waals surface area contributed by atoms with E-state index in [0.717, 1.165) is 5.69 Å². The minimum atomic E-state index is 0.0954. The van der Waals surface area contributed by atoms with Crippen molar-refractivity contribution < 1.29 is 0 Å². The first-order valence-electron chi connectivity index (χ1n) is 5.83. The summed E-state index contributed by atoms with van der Waals surface area (Å²) in [5, 5.41) is 3.45. The summed E-state index contributed by atoms with van der Waals surface area (Å²) in [6, 6.07) is 12.5. The first-order valence-corrected chi connectivity index (χ1v) is 5.83. The fraction of sp³-hybridized carbons (Fsp3) is 0.267. The van der Waals surface area contributed by atoms with Crippen molar-refractivity contribution in [3.63, 3.8) is 0 Å². The number of nitrogens with one attached hydrogen (secondary N) is 1. The number of rotatable bonds is 2. The highest BCUT2D eigenvalue weighted by Gasteiger charge is 2.08. The Morgan fingerprint density at radius 2 is 1.35 bits per heavy atom. The predicted octanol–water partition coefficient (Wildman–Crippen LogP) is 3.96. The van der Waals surface area contributed by atoms with Crippen LogP contribution < -0.4 is 5.32 Å². The lowest BCUT2D eigenvalue weighted by Gasteiger charge is -2.22. The SMILES string of the molecule is CC(C)(C)Nc1ccc(-c2ccncc2)cc1. The van der Waals surface area contributed by atoms with Gasteiger partial charge in [0.1, 0.15) is 0 Å². The van der Waals surface area contributed by atoms with E-state index in [1.54, 1.807) is 0 Å². The van der Waals surface area contributed by atoms with Gasteiger partial charge in [-0.05, 0) is 56.2 Å². The number of hydrogen-bond acceptors (Lipinski definition) is 2. The van der Waals surface area contributed by atoms with Gasteiger partial charge < -0.3 is 5.32 Å². The molecule has 1 heterocycles. The molecule has 1 aromatic carbocycles. The maximum atomic E-state index is 4.02. The van der Waals surface area contributed by atoms with E-state index in [2.05, 4.69) is 55.3 Å². The third kappa shape index (κ3) is 3.31. The van der Waals surface area contributed by atoms with E-state index >= 15 is 0 Å². The second-order valence-corrected chi connectivity index (χ2v) is 5.19. The molecule has 0 radical (unpaired) electrons. The largest absolute Gasteiger partial charge is 0.380 e. The lowest BCUT2D eigenvalue weighted by Crippen LogP contribution is -2.25. The molecular formula is C15H18N2. The lowest BCUT2D eigenvalue weighted by molar-refractivity contribution is 0.634. The van der Waals surface area contributed by atoms with E-state index in [1.165, 1.54) is 11.1 Å². The zero-order valence-corrected chi connectivity index (χ0v) is 10.6. The first-order chi connectivity index (χ1) is 8.04. The van der Waals surface area contributed by atoms with Gasteiger partial charge >= 0.3 is 0 Å². The van der Waals surface area contributed by atoms with Crippen LogP contribution >= 0.6 is 0 Å². The van der Waals surface area contributed by atoms with Gasteiger partial charge in [-0.1, -0.05) is 12.1 Å². The topological polar surface area (TPSA) is 24.9 Å². The number of benzene rings is 1. The normalized spacial score (nSPS) is 11.2. The van der Waals surface area contributed by atoms with Crippen molar-refractivity contribution >= 4 is 5.69 Å². The highest BCUT2D eigenvalue weighted by Crippen LogP contribution is 2.22. The van der Waals surface area contributed by atoms with Gasteiger partial charge in [0, 0.05) is 23.6 Å². The van der Waals surface area contributed by atoms with Crippen LogP contribution in [0.3, 0.4) is 0 Å². The Morgan fingerprint density at radius 3 is 1.88 bits per heavy atom. The summed E-state index contributed by atoms with van der Waals surface area (Å²) in [4.78, 5) is 4.02. The van der Waals surface area contributed by atoms with E-state index in [-0.39, 0.29) is 5.54 Å². The minimum Gasteiger partial charge on any atom is -0.380 e. The molecule has 2 heteroatoms. The molecule has 0 saturated carbocycles. The average Bonchev–Trinajstić information content (AvgIpc) is 2.29. The maximum absolute atomic E-state index is 4.02. The number of aromatic nitrogens is 1. The molecule has 0 spiro atoms. The quantitative estimate of drug-likeness (QED) is 0.838. The lowest BCUT2D eigenvalue weighted by atomic mass is 10.1. The van der Waals surface area contributed by atoms with Gasteiger partial charge in [0.25, 0.3) is 0 Å². The van der Waals surface area contributed by atoms with Crippen LogP contribution in [-0.4, -0.2) is 10.5 Å². The molecule has 0 fully saturated rings. The van der Waals surface area contributed by atoms with E-state index in [1.807, 2.05) is 24.5 Å². The molecule has 0 unspecified atom stereocenters. The minimum absolute atomic E-state index is 0.0954. The summed E-state index contributed by atoms with van der Waals surface area (Å²) in [5.41, 5.74) is 3.66. The summed E-state index contributed by atoms with van der Waals surface area (Å²) in [6.45, 7) is 6.47. The van der Waals surface area contributed by atoms with Gasteiger partial charge in [-0.2, -0.15) is 0 Å². The third-order valence-corrected chi connectivity index (χ3v) is 2.42. The van der Waals surface area contributed by atoms with E-state index < -0.39 is 0 Å². The average molecular weight is 226 g/mol. The number of hydrogen-bond donors (Lipinski definition) is 1. The second kappa shape index (κ2) is 4.58. The van der Waals surface area contributed by atoms with Gasteiger partial charge in [0.2, 0.25) is 0 Å². The highest BCUT2D eigenvalue weighted by molar-refractivity contribution is 5.65. The Bertz CT molecular complexity index is 467. The van der Waals surface area contributed by atoms with Gasteiger partial charge in [0.15, 0.2) is 0 Å². The Hall–Kier alpha value is -1.83. The molecule has 1 aromatic heterocycles. The molecule has 0 atom stereocenters. The Labute approximate surface area is 103 Å². The second-order valence-electron chi connectivity index (χ2n) is 5.19. The van der Waals surface area contributed by atoms with Crippen LogP contribution in [0.2, 0.25) is 0 Å². The fourth-order valence-corrected chi connectivity index (χ4v) is 1.72. The van der Waals surface area contributed by atoms with E-state index in [0.29, 0.717) is 0 Å². The Kier molecular flexibility index (Phi) is 3.14. The highest BCUT2D eigenvalue weighted by atomic mass is 14.9. The van der Waals surface area contributed by atoms with Crippen LogP contribution in [0.25, 0.3) is 11.1 Å². The van der Waals surface area contributed by atoms with Crippen LogP contribution in [0.15, 0.2) is 48.8 Å². The summed E-state index contributed by atoms with van der Waals surface area (Å²) in [7, 11) is 0. The molecule has 88 valence electrons. The van der Waals surface area contributed by atoms with Crippen LogP contribution in [0.4, 0.5) is 5.69 Å². The van der Waals surface area contributed by atoms with Crippen molar-refractivity contribution in [1.82, 2.24) is 4.98 Å². The Morgan fingerprint density at radius 1 is 0.824 bits per heavy atom. The van der Waals surface area contributed by atoms with Gasteiger partial charge in [-0.25, -0.2) is 0 Å². The molecule has 0 aliphatic heterocycles. The molecule has 0 bridgehead atoms. The predicted molar refractivity (Wildman–Crippen MR) is 73.0 cm³/mol. The summed E-state index contributed by atoms with van der Waals surface area (Å²) in [5.74, 6) is 0. The molecule has 0 saturated heterocycles. The molecule has 0 aliphatic carbocycles. The van der Waals surface area contributed by atoms with Crippen molar-refractivity contribution in [2.75, 3.05) is 5.32 Å². The maximum Gasteiger partial charge on any atom is 0.0344 e. The van der Waals surface area contributed by atoms with E-state index in [9.17, 15) is 0 Å². The van der Waals surface area contributed by atoms with E-state index in [4.69, 9.17) is 0 Å². The summed E-state index contributed by atoms with van der Waals surface area (Å²) < 4.78 is 0. The first kappa shape index (κ1) is 11.6. The molecule has 0 amide bonds. The number of pyridine rings is 1. The van der Waals surface area contributed by atoms with Crippen molar-refractivity contribution in [2.45, 2.75) is 26.3 Å². The van der Waals surface area contributed by atoms with Crippen LogP contribution in [0.5, 0.6) is 0 Å². The monoisotopic (exact) mass is 226 g/mol. The molecule has 17 heavy (non-hydrogen) atoms. The zero-order chi connectivity index (χ0) is 12.3. The molecule has 0 aliphatic rings. The third-order valence-electron chi connectivity index (χ3n) is 2.42. The van der Waals surface area contributed by atoms with Gasteiger partial charge in [-0.15, -0.1) is 0 Å².